The van der Waals surface area contributed by atoms with Gasteiger partial charge in [-0.15, -0.1) is 0 Å². The van der Waals surface area contributed by atoms with Crippen molar-refractivity contribution in [1.82, 2.24) is 5.32 Å². The highest BCUT2D eigenvalue weighted by atomic mass is 35.5. The molecular formula is C28H24ClF5N2O4S. The summed E-state index contributed by atoms with van der Waals surface area (Å²) < 4.78 is 91.7. The lowest BCUT2D eigenvalue weighted by atomic mass is 9.80. The number of amides is 2. The molecule has 0 fully saturated rings. The second kappa shape index (κ2) is 10.7. The van der Waals surface area contributed by atoms with Crippen LogP contribution in [0, 0.1) is 11.6 Å². The predicted octanol–water partition coefficient (Wildman–Crippen LogP) is 6.43. The molecule has 1 aliphatic rings. The van der Waals surface area contributed by atoms with Crippen molar-refractivity contribution < 1.29 is 40.0 Å². The molecule has 0 saturated carbocycles. The molecule has 2 N–H and O–H groups in total. The zero-order valence-electron chi connectivity index (χ0n) is 21.9. The van der Waals surface area contributed by atoms with Gasteiger partial charge in [-0.25, -0.2) is 17.2 Å². The molecule has 13 heteroatoms. The first-order chi connectivity index (χ1) is 18.9. The van der Waals surface area contributed by atoms with Gasteiger partial charge in [0, 0.05) is 39.2 Å². The van der Waals surface area contributed by atoms with Gasteiger partial charge in [-0.1, -0.05) is 25.4 Å². The fourth-order valence-electron chi connectivity index (χ4n) is 4.56. The molecule has 0 radical (unpaired) electrons. The van der Waals surface area contributed by atoms with Crippen LogP contribution >= 0.6 is 11.6 Å². The van der Waals surface area contributed by atoms with E-state index in [-0.39, 0.29) is 45.6 Å². The van der Waals surface area contributed by atoms with E-state index in [1.54, 1.807) is 13.8 Å². The minimum absolute atomic E-state index is 0.0311. The van der Waals surface area contributed by atoms with Crippen molar-refractivity contribution in [3.8, 4) is 0 Å². The molecule has 0 aliphatic carbocycles. The Balaban J connectivity index is 1.87. The summed E-state index contributed by atoms with van der Waals surface area (Å²) in [5, 5.41) is 5.26. The molecule has 1 aliphatic heterocycles. The van der Waals surface area contributed by atoms with Crippen LogP contribution in [0.4, 0.5) is 27.6 Å². The van der Waals surface area contributed by atoms with Crippen LogP contribution in [0.5, 0.6) is 0 Å². The first-order valence-electron chi connectivity index (χ1n) is 12.2. The number of hydrogen-bond acceptors (Lipinski definition) is 4. The number of alkyl halides is 3. The third-order valence-corrected chi connectivity index (χ3v) is 8.16. The monoisotopic (exact) mass is 614 g/mol. The van der Waals surface area contributed by atoms with Gasteiger partial charge in [-0.2, -0.15) is 13.2 Å². The van der Waals surface area contributed by atoms with Gasteiger partial charge < -0.3 is 10.6 Å². The van der Waals surface area contributed by atoms with Crippen LogP contribution in [0.1, 0.15) is 69.3 Å². The van der Waals surface area contributed by atoms with E-state index < -0.39 is 62.0 Å². The van der Waals surface area contributed by atoms with Crippen molar-refractivity contribution in [2.75, 3.05) is 17.3 Å². The number of rotatable bonds is 7. The third-order valence-electron chi connectivity index (χ3n) is 6.87. The second-order valence-corrected chi connectivity index (χ2v) is 13.2. The maximum Gasteiger partial charge on any atom is 0.416 e. The van der Waals surface area contributed by atoms with Crippen molar-refractivity contribution in [3.05, 3.63) is 98.6 Å². The Labute approximate surface area is 237 Å². The molecular weight excluding hydrogens is 591 g/mol. The predicted molar refractivity (Wildman–Crippen MR) is 144 cm³/mol. The van der Waals surface area contributed by atoms with E-state index in [0.717, 1.165) is 18.4 Å². The fourth-order valence-corrected chi connectivity index (χ4v) is 5.67. The molecule has 0 aromatic heterocycles. The van der Waals surface area contributed by atoms with Crippen molar-refractivity contribution in [2.45, 2.75) is 37.9 Å². The van der Waals surface area contributed by atoms with E-state index in [4.69, 9.17) is 11.6 Å². The lowest BCUT2D eigenvalue weighted by molar-refractivity contribution is -0.137. The maximum absolute atomic E-state index is 14.2. The van der Waals surface area contributed by atoms with Gasteiger partial charge in [0.2, 0.25) is 0 Å². The molecule has 41 heavy (non-hydrogen) atoms. The van der Waals surface area contributed by atoms with Crippen LogP contribution in [-0.4, -0.2) is 32.2 Å². The summed E-state index contributed by atoms with van der Waals surface area (Å²) in [6, 6.07) is 6.79. The van der Waals surface area contributed by atoms with Gasteiger partial charge >= 0.3 is 6.18 Å². The van der Waals surface area contributed by atoms with Gasteiger partial charge in [0.15, 0.2) is 0 Å². The molecule has 2 amide bonds. The minimum Gasteiger partial charge on any atom is -0.341 e. The van der Waals surface area contributed by atoms with Crippen molar-refractivity contribution in [2.24, 2.45) is 0 Å². The van der Waals surface area contributed by atoms with Crippen LogP contribution in [0.15, 0.2) is 48.5 Å². The summed E-state index contributed by atoms with van der Waals surface area (Å²) in [4.78, 5) is 26.3. The minimum atomic E-state index is -4.92. The van der Waals surface area contributed by atoms with E-state index >= 15 is 0 Å². The standard InChI is InChI=1S/C28H24ClF5N2O4S/c1-27(2,6-7-41(3,39)40)15-11-20-23(24(36-26(20)38)19-13-17(30)4-5-21(19)29)22(12-15)35-25(37)14-8-16(28(32,33)34)10-18(31)9-14/h4-5,8-13,24H,6-7H2,1-3H3,(H,35,37)(H,36,38). The van der Waals surface area contributed by atoms with Crippen LogP contribution in [0.3, 0.4) is 0 Å². The zero-order valence-corrected chi connectivity index (χ0v) is 23.5. The molecule has 3 aromatic rings. The third kappa shape index (κ3) is 6.70. The largest absolute Gasteiger partial charge is 0.416 e. The topological polar surface area (TPSA) is 92.3 Å². The van der Waals surface area contributed by atoms with Crippen LogP contribution in [-0.2, 0) is 21.4 Å². The number of anilines is 1. The Bertz CT molecular complexity index is 1670. The molecule has 1 heterocycles. The first kappa shape index (κ1) is 30.4. The summed E-state index contributed by atoms with van der Waals surface area (Å²) in [6.07, 6.45) is -3.71. The van der Waals surface area contributed by atoms with Gasteiger partial charge in [0.25, 0.3) is 11.8 Å². The molecule has 0 bridgehead atoms. The molecule has 4 rings (SSSR count). The second-order valence-electron chi connectivity index (χ2n) is 10.5. The van der Waals surface area contributed by atoms with E-state index in [1.807, 2.05) is 0 Å². The van der Waals surface area contributed by atoms with Crippen molar-refractivity contribution >= 4 is 38.9 Å². The molecule has 3 aromatic carbocycles. The molecule has 1 unspecified atom stereocenters. The van der Waals surface area contributed by atoms with Gasteiger partial charge in [-0.3, -0.25) is 9.59 Å². The highest BCUT2D eigenvalue weighted by Crippen LogP contribution is 2.42. The van der Waals surface area contributed by atoms with Crippen LogP contribution in [0.2, 0.25) is 5.02 Å². The van der Waals surface area contributed by atoms with Crippen LogP contribution in [0.25, 0.3) is 0 Å². The van der Waals surface area contributed by atoms with E-state index in [1.165, 1.54) is 18.2 Å². The average Bonchev–Trinajstić information content (AvgIpc) is 3.19. The summed E-state index contributed by atoms with van der Waals surface area (Å²) in [5.74, 6) is -3.84. The zero-order chi connectivity index (χ0) is 30.5. The summed E-state index contributed by atoms with van der Waals surface area (Å²) in [7, 11) is -3.35. The number of fused-ring (bicyclic) bond motifs is 1. The van der Waals surface area contributed by atoms with Gasteiger partial charge in [0.1, 0.15) is 21.5 Å². The smallest absolute Gasteiger partial charge is 0.341 e. The van der Waals surface area contributed by atoms with Gasteiger partial charge in [-0.05, 0) is 65.9 Å². The lowest BCUT2D eigenvalue weighted by Crippen LogP contribution is -2.23. The fraction of sp³-hybridized carbons (Fsp3) is 0.286. The number of sulfone groups is 1. The maximum atomic E-state index is 14.2. The SMILES string of the molecule is CC(C)(CCS(C)(=O)=O)c1cc(NC(=O)c2cc(F)cc(C(F)(F)F)c2)c2c(c1)C(=O)NC2c1cc(F)ccc1Cl. The number of carbonyl (C=O) groups excluding carboxylic acids is 2. The lowest BCUT2D eigenvalue weighted by Gasteiger charge is -2.27. The summed E-state index contributed by atoms with van der Waals surface area (Å²) in [6.45, 7) is 3.45. The summed E-state index contributed by atoms with van der Waals surface area (Å²) in [5.41, 5.74) is -2.08. The van der Waals surface area contributed by atoms with E-state index in [0.29, 0.717) is 17.7 Å². The molecule has 0 spiro atoms. The molecule has 218 valence electrons. The van der Waals surface area contributed by atoms with Crippen molar-refractivity contribution in [1.29, 1.82) is 0 Å². The van der Waals surface area contributed by atoms with Crippen LogP contribution < -0.4 is 10.6 Å². The number of halogens is 6. The Morgan fingerprint density at radius 2 is 1.68 bits per heavy atom. The highest BCUT2D eigenvalue weighted by Gasteiger charge is 2.37. The quantitative estimate of drug-likeness (QED) is 0.300. The summed E-state index contributed by atoms with van der Waals surface area (Å²) >= 11 is 6.30. The van der Waals surface area contributed by atoms with Gasteiger partial charge in [0.05, 0.1) is 17.4 Å². The first-order valence-corrected chi connectivity index (χ1v) is 14.6. The molecule has 0 saturated heterocycles. The number of hydrogen-bond donors (Lipinski definition) is 2. The number of carbonyl (C=O) groups is 2. The average molecular weight is 615 g/mol. The highest BCUT2D eigenvalue weighted by molar-refractivity contribution is 7.90. The van der Waals surface area contributed by atoms with Crippen molar-refractivity contribution in [3.63, 3.8) is 0 Å². The Morgan fingerprint density at radius 3 is 2.32 bits per heavy atom. The van der Waals surface area contributed by atoms with E-state index in [9.17, 15) is 40.0 Å². The number of nitrogens with one attached hydrogen (secondary N) is 2. The Kier molecular flexibility index (Phi) is 7.96. The normalized spacial score (nSPS) is 15.4. The Morgan fingerprint density at radius 1 is 1.00 bits per heavy atom. The number of benzene rings is 3. The Hall–Kier alpha value is -3.51. The molecule has 6 nitrogen and oxygen atoms in total. The van der Waals surface area contributed by atoms with E-state index in [2.05, 4.69) is 10.6 Å². The molecule has 1 atom stereocenters.